The fraction of sp³-hybridized carbons (Fsp3) is 0.350. The minimum Gasteiger partial charge on any atom is -0.492 e. The zero-order valence-electron chi connectivity index (χ0n) is 15.5. The molecule has 0 aliphatic rings. The van der Waals surface area contributed by atoms with E-state index in [1.165, 1.54) is 11.6 Å². The molecule has 0 saturated carbocycles. The molecule has 0 heterocycles. The van der Waals surface area contributed by atoms with Gasteiger partial charge in [0, 0.05) is 6.54 Å². The summed E-state index contributed by atoms with van der Waals surface area (Å²) in [5, 5.41) is 4.71. The van der Waals surface area contributed by atoms with Crippen molar-refractivity contribution in [3.63, 3.8) is 0 Å². The number of halogens is 3. The first kappa shape index (κ1) is 21.2. The highest BCUT2D eigenvalue weighted by Gasteiger charge is 2.15. The number of urea groups is 1. The van der Waals surface area contributed by atoms with E-state index in [2.05, 4.69) is 47.3 Å². The van der Waals surface area contributed by atoms with Gasteiger partial charge >= 0.3 is 6.03 Å². The summed E-state index contributed by atoms with van der Waals surface area (Å²) in [5.41, 5.74) is 0.783. The zero-order chi connectivity index (χ0) is 20.0. The standard InChI is InChI=1S/C20H23BrF2N2O2/c1-20(2,3)13-8-9-17(14(21)12-13)27-11-5-10-24-19(26)25-18-15(22)6-4-7-16(18)23/h4,6-9,12H,5,10-11H2,1-3H3,(H2,24,25,26). The van der Waals surface area contributed by atoms with Crippen molar-refractivity contribution in [2.24, 2.45) is 0 Å². The Morgan fingerprint density at radius 3 is 2.41 bits per heavy atom. The van der Waals surface area contributed by atoms with Crippen LogP contribution in [0.3, 0.4) is 0 Å². The highest BCUT2D eigenvalue weighted by atomic mass is 79.9. The lowest BCUT2D eigenvalue weighted by molar-refractivity contribution is 0.250. The Kier molecular flexibility index (Phi) is 7.18. The minimum absolute atomic E-state index is 0.0516. The molecular formula is C20H23BrF2N2O2. The molecule has 0 aliphatic heterocycles. The Hall–Kier alpha value is -2.15. The summed E-state index contributed by atoms with van der Waals surface area (Å²) in [6, 6.07) is 8.68. The number of rotatable bonds is 6. The van der Waals surface area contributed by atoms with Crippen molar-refractivity contribution in [1.29, 1.82) is 0 Å². The van der Waals surface area contributed by atoms with Crippen molar-refractivity contribution in [3.8, 4) is 5.75 Å². The second-order valence-corrected chi connectivity index (χ2v) is 7.93. The molecule has 27 heavy (non-hydrogen) atoms. The first-order valence-electron chi connectivity index (χ1n) is 8.60. The highest BCUT2D eigenvalue weighted by Crippen LogP contribution is 2.31. The molecule has 2 N–H and O–H groups in total. The third-order valence-electron chi connectivity index (χ3n) is 3.86. The Bertz CT molecular complexity index is 787. The van der Waals surface area contributed by atoms with E-state index in [0.717, 1.165) is 22.4 Å². The lowest BCUT2D eigenvalue weighted by Gasteiger charge is -2.20. The van der Waals surface area contributed by atoms with Gasteiger partial charge in [-0.2, -0.15) is 0 Å². The molecule has 0 unspecified atom stereocenters. The molecule has 0 saturated heterocycles. The number of para-hydroxylation sites is 1. The number of anilines is 1. The summed E-state index contributed by atoms with van der Waals surface area (Å²) < 4.78 is 33.5. The van der Waals surface area contributed by atoms with E-state index in [1.54, 1.807) is 0 Å². The molecule has 4 nitrogen and oxygen atoms in total. The van der Waals surface area contributed by atoms with Gasteiger partial charge in [-0.25, -0.2) is 13.6 Å². The molecule has 0 aliphatic carbocycles. The second kappa shape index (κ2) is 9.17. The van der Waals surface area contributed by atoms with Gasteiger partial charge in [0.25, 0.3) is 0 Å². The summed E-state index contributed by atoms with van der Waals surface area (Å²) in [7, 11) is 0. The zero-order valence-corrected chi connectivity index (χ0v) is 17.1. The van der Waals surface area contributed by atoms with Crippen LogP contribution in [0.25, 0.3) is 0 Å². The van der Waals surface area contributed by atoms with Crippen molar-refractivity contribution in [2.45, 2.75) is 32.6 Å². The summed E-state index contributed by atoms with van der Waals surface area (Å²) in [6.45, 7) is 7.11. The Balaban J connectivity index is 1.75. The van der Waals surface area contributed by atoms with Gasteiger partial charge in [-0.1, -0.05) is 32.9 Å². The maximum Gasteiger partial charge on any atom is 0.319 e. The van der Waals surface area contributed by atoms with Crippen LogP contribution in [0.4, 0.5) is 19.3 Å². The maximum absolute atomic E-state index is 13.5. The molecule has 2 aromatic carbocycles. The van der Waals surface area contributed by atoms with Crippen molar-refractivity contribution < 1.29 is 18.3 Å². The molecule has 0 radical (unpaired) electrons. The summed E-state index contributed by atoms with van der Waals surface area (Å²) in [6.07, 6.45) is 0.542. The van der Waals surface area contributed by atoms with Crippen LogP contribution in [0, 0.1) is 11.6 Å². The molecular weight excluding hydrogens is 418 g/mol. The number of hydrogen-bond donors (Lipinski definition) is 2. The first-order valence-corrected chi connectivity index (χ1v) is 9.39. The SMILES string of the molecule is CC(C)(C)c1ccc(OCCCNC(=O)Nc2c(F)cccc2F)c(Br)c1. The third-order valence-corrected chi connectivity index (χ3v) is 4.48. The third kappa shape index (κ3) is 6.20. The fourth-order valence-corrected chi connectivity index (χ4v) is 2.81. The lowest BCUT2D eigenvalue weighted by Crippen LogP contribution is -2.31. The molecule has 146 valence electrons. The van der Waals surface area contributed by atoms with E-state index < -0.39 is 23.4 Å². The molecule has 0 aromatic heterocycles. The van der Waals surface area contributed by atoms with Gasteiger partial charge < -0.3 is 15.4 Å². The Morgan fingerprint density at radius 2 is 1.81 bits per heavy atom. The summed E-state index contributed by atoms with van der Waals surface area (Å²) >= 11 is 3.51. The average molecular weight is 441 g/mol. The number of hydrogen-bond acceptors (Lipinski definition) is 2. The number of amides is 2. The normalized spacial score (nSPS) is 11.2. The van der Waals surface area contributed by atoms with E-state index in [1.807, 2.05) is 18.2 Å². The molecule has 0 bridgehead atoms. The predicted molar refractivity (Wildman–Crippen MR) is 106 cm³/mol. The number of ether oxygens (including phenoxy) is 1. The summed E-state index contributed by atoms with van der Waals surface area (Å²) in [5.74, 6) is -0.921. The molecule has 2 amide bonds. The van der Waals surface area contributed by atoms with Crippen molar-refractivity contribution in [3.05, 3.63) is 58.1 Å². The van der Waals surface area contributed by atoms with Crippen LogP contribution in [0.15, 0.2) is 40.9 Å². The highest BCUT2D eigenvalue weighted by molar-refractivity contribution is 9.10. The number of carbonyl (C=O) groups is 1. The van der Waals surface area contributed by atoms with Crippen LogP contribution in [0.1, 0.15) is 32.8 Å². The molecule has 0 fully saturated rings. The van der Waals surface area contributed by atoms with E-state index in [-0.39, 0.29) is 5.41 Å². The van der Waals surface area contributed by atoms with Crippen LogP contribution in [-0.4, -0.2) is 19.2 Å². The molecule has 0 atom stereocenters. The second-order valence-electron chi connectivity index (χ2n) is 7.07. The topological polar surface area (TPSA) is 50.4 Å². The Morgan fingerprint density at radius 1 is 1.15 bits per heavy atom. The van der Waals surface area contributed by atoms with Gasteiger partial charge in [0.15, 0.2) is 0 Å². The van der Waals surface area contributed by atoms with Crippen LogP contribution < -0.4 is 15.4 Å². The molecule has 7 heteroatoms. The lowest BCUT2D eigenvalue weighted by atomic mass is 9.87. The largest absolute Gasteiger partial charge is 0.492 e. The van der Waals surface area contributed by atoms with Gasteiger partial charge in [0.1, 0.15) is 23.1 Å². The van der Waals surface area contributed by atoms with Gasteiger partial charge in [0.05, 0.1) is 11.1 Å². The number of nitrogens with one attached hydrogen (secondary N) is 2. The van der Waals surface area contributed by atoms with Crippen molar-refractivity contribution >= 4 is 27.6 Å². The van der Waals surface area contributed by atoms with Crippen molar-refractivity contribution in [2.75, 3.05) is 18.5 Å². The molecule has 2 rings (SSSR count). The van der Waals surface area contributed by atoms with Crippen LogP contribution in [-0.2, 0) is 5.41 Å². The quantitative estimate of drug-likeness (QED) is 0.573. The Labute approximate surface area is 166 Å². The van der Waals surface area contributed by atoms with Crippen molar-refractivity contribution in [1.82, 2.24) is 5.32 Å². The monoisotopic (exact) mass is 440 g/mol. The first-order chi connectivity index (χ1) is 12.7. The molecule has 2 aromatic rings. The van der Waals surface area contributed by atoms with Gasteiger partial charge in [-0.3, -0.25) is 0 Å². The van der Waals surface area contributed by atoms with Crippen LogP contribution in [0.2, 0.25) is 0 Å². The molecule has 0 spiro atoms. The van der Waals surface area contributed by atoms with E-state index in [0.29, 0.717) is 19.6 Å². The number of carbonyl (C=O) groups excluding carboxylic acids is 1. The summed E-state index contributed by atoms with van der Waals surface area (Å²) in [4.78, 5) is 11.7. The van der Waals surface area contributed by atoms with E-state index in [4.69, 9.17) is 4.74 Å². The van der Waals surface area contributed by atoms with Gasteiger partial charge in [0.2, 0.25) is 0 Å². The van der Waals surface area contributed by atoms with E-state index in [9.17, 15) is 13.6 Å². The predicted octanol–water partition coefficient (Wildman–Crippen LogP) is 5.62. The maximum atomic E-state index is 13.5. The van der Waals surface area contributed by atoms with E-state index >= 15 is 0 Å². The fourth-order valence-electron chi connectivity index (χ4n) is 2.32. The van der Waals surface area contributed by atoms with Gasteiger partial charge in [-0.15, -0.1) is 0 Å². The number of benzene rings is 2. The van der Waals surface area contributed by atoms with Gasteiger partial charge in [-0.05, 0) is 57.6 Å². The minimum atomic E-state index is -0.822. The van der Waals surface area contributed by atoms with Crippen LogP contribution in [0.5, 0.6) is 5.75 Å². The van der Waals surface area contributed by atoms with Crippen LogP contribution >= 0.6 is 15.9 Å². The smallest absolute Gasteiger partial charge is 0.319 e. The average Bonchev–Trinajstić information content (AvgIpc) is 2.58.